The highest BCUT2D eigenvalue weighted by atomic mass is 19.1. The Labute approximate surface area is 264 Å². The normalized spacial score (nSPS) is 11.5. The van der Waals surface area contributed by atoms with Crippen LogP contribution in [0, 0.1) is 5.82 Å². The van der Waals surface area contributed by atoms with E-state index in [9.17, 15) is 18.8 Å². The highest BCUT2D eigenvalue weighted by Gasteiger charge is 2.23. The standard InChI is InChI=1S/C36H43FO8/c1-4-6-7-8-9-10-22-42-30-17-15-28(16-18-30)27-11-13-29(14-12-27)35(39)45-31-19-20-32(33(37)25-31)36(40)44-26(3)34(38)43-24-23-41-21-5-2/h11-20,25-26H,4-10,21-24H2,1-3H3/t26-/m0/s1. The molecule has 0 aliphatic heterocycles. The first kappa shape index (κ1) is 35.2. The van der Waals surface area contributed by atoms with Crippen molar-refractivity contribution in [2.24, 2.45) is 0 Å². The molecule has 3 aromatic carbocycles. The molecular formula is C36H43FO8. The van der Waals surface area contributed by atoms with Crippen LogP contribution in [0.2, 0.25) is 0 Å². The van der Waals surface area contributed by atoms with Gasteiger partial charge >= 0.3 is 17.9 Å². The monoisotopic (exact) mass is 622 g/mol. The molecule has 0 aliphatic rings. The van der Waals surface area contributed by atoms with Gasteiger partial charge < -0.3 is 23.7 Å². The number of halogens is 1. The van der Waals surface area contributed by atoms with Gasteiger partial charge in [-0.25, -0.2) is 18.8 Å². The molecule has 0 unspecified atom stereocenters. The Hall–Kier alpha value is -4.24. The maximum Gasteiger partial charge on any atom is 0.347 e. The smallest absolute Gasteiger partial charge is 0.347 e. The van der Waals surface area contributed by atoms with Gasteiger partial charge in [-0.2, -0.15) is 0 Å². The fraction of sp³-hybridized carbons (Fsp3) is 0.417. The summed E-state index contributed by atoms with van der Waals surface area (Å²) >= 11 is 0. The second-order valence-corrected chi connectivity index (χ2v) is 10.6. The minimum absolute atomic E-state index is 0.0137. The maximum atomic E-state index is 14.7. The van der Waals surface area contributed by atoms with Crippen LogP contribution in [0.4, 0.5) is 4.39 Å². The van der Waals surface area contributed by atoms with Crippen molar-refractivity contribution in [3.8, 4) is 22.6 Å². The lowest BCUT2D eigenvalue weighted by molar-refractivity contribution is -0.154. The van der Waals surface area contributed by atoms with E-state index in [-0.39, 0.29) is 24.5 Å². The number of ether oxygens (including phenoxy) is 5. The zero-order chi connectivity index (χ0) is 32.4. The van der Waals surface area contributed by atoms with Crippen molar-refractivity contribution in [3.63, 3.8) is 0 Å². The van der Waals surface area contributed by atoms with Crippen LogP contribution in [0.1, 0.15) is 86.4 Å². The molecule has 0 radical (unpaired) electrons. The van der Waals surface area contributed by atoms with E-state index in [1.165, 1.54) is 45.1 Å². The predicted octanol–water partition coefficient (Wildman–Crippen LogP) is 7.97. The Morgan fingerprint density at radius 1 is 0.689 bits per heavy atom. The van der Waals surface area contributed by atoms with E-state index >= 15 is 0 Å². The Morgan fingerprint density at radius 3 is 2.00 bits per heavy atom. The van der Waals surface area contributed by atoms with Gasteiger partial charge in [-0.05, 0) is 67.3 Å². The number of benzene rings is 3. The second kappa shape index (κ2) is 19.2. The molecule has 3 aromatic rings. The van der Waals surface area contributed by atoms with Crippen molar-refractivity contribution in [3.05, 3.63) is 83.7 Å². The Kier molecular flexibility index (Phi) is 15.0. The lowest BCUT2D eigenvalue weighted by atomic mass is 10.0. The average Bonchev–Trinajstić information content (AvgIpc) is 3.04. The Balaban J connectivity index is 1.47. The summed E-state index contributed by atoms with van der Waals surface area (Å²) in [5.74, 6) is -2.74. The summed E-state index contributed by atoms with van der Waals surface area (Å²) in [4.78, 5) is 37.1. The molecule has 0 N–H and O–H groups in total. The van der Waals surface area contributed by atoms with Crippen molar-refractivity contribution >= 4 is 17.9 Å². The molecule has 242 valence electrons. The third-order valence-corrected chi connectivity index (χ3v) is 6.88. The zero-order valence-electron chi connectivity index (χ0n) is 26.4. The summed E-state index contributed by atoms with van der Waals surface area (Å²) < 4.78 is 41.1. The first-order valence-corrected chi connectivity index (χ1v) is 15.6. The third-order valence-electron chi connectivity index (χ3n) is 6.88. The first-order chi connectivity index (χ1) is 21.8. The van der Waals surface area contributed by atoms with E-state index < -0.39 is 35.4 Å². The largest absolute Gasteiger partial charge is 0.494 e. The predicted molar refractivity (Wildman–Crippen MR) is 169 cm³/mol. The van der Waals surface area contributed by atoms with Crippen molar-refractivity contribution in [2.75, 3.05) is 26.4 Å². The number of carbonyl (C=O) groups is 3. The van der Waals surface area contributed by atoms with Gasteiger partial charge in [0.1, 0.15) is 23.9 Å². The molecule has 9 heteroatoms. The number of hydrogen-bond donors (Lipinski definition) is 0. The average molecular weight is 623 g/mol. The van der Waals surface area contributed by atoms with E-state index in [2.05, 4.69) is 6.92 Å². The molecule has 0 spiro atoms. The fourth-order valence-corrected chi connectivity index (χ4v) is 4.34. The van der Waals surface area contributed by atoms with Crippen LogP contribution in [0.25, 0.3) is 11.1 Å². The van der Waals surface area contributed by atoms with Crippen LogP contribution in [-0.4, -0.2) is 50.4 Å². The van der Waals surface area contributed by atoms with E-state index in [0.717, 1.165) is 41.9 Å². The van der Waals surface area contributed by atoms with Gasteiger partial charge in [-0.15, -0.1) is 0 Å². The van der Waals surface area contributed by atoms with Crippen molar-refractivity contribution in [1.82, 2.24) is 0 Å². The van der Waals surface area contributed by atoms with Crippen LogP contribution in [-0.2, 0) is 19.0 Å². The molecular weight excluding hydrogens is 579 g/mol. The molecule has 0 saturated heterocycles. The molecule has 45 heavy (non-hydrogen) atoms. The highest BCUT2D eigenvalue weighted by molar-refractivity contribution is 5.93. The Bertz CT molecular complexity index is 1350. The minimum atomic E-state index is -1.25. The van der Waals surface area contributed by atoms with Crippen LogP contribution in [0.3, 0.4) is 0 Å². The van der Waals surface area contributed by atoms with Gasteiger partial charge in [0.15, 0.2) is 6.10 Å². The molecule has 1 atom stereocenters. The molecule has 0 saturated carbocycles. The number of hydrogen-bond acceptors (Lipinski definition) is 8. The van der Waals surface area contributed by atoms with E-state index in [0.29, 0.717) is 13.2 Å². The van der Waals surface area contributed by atoms with E-state index in [4.69, 9.17) is 23.7 Å². The minimum Gasteiger partial charge on any atom is -0.494 e. The second-order valence-electron chi connectivity index (χ2n) is 10.6. The van der Waals surface area contributed by atoms with Gasteiger partial charge in [0.2, 0.25) is 0 Å². The molecule has 8 nitrogen and oxygen atoms in total. The lowest BCUT2D eigenvalue weighted by Gasteiger charge is -2.13. The molecule has 0 fully saturated rings. The van der Waals surface area contributed by atoms with Gasteiger partial charge in [-0.3, -0.25) is 0 Å². The third kappa shape index (κ3) is 12.0. The molecule has 0 heterocycles. The number of esters is 3. The summed E-state index contributed by atoms with van der Waals surface area (Å²) in [5.41, 5.74) is 1.73. The zero-order valence-corrected chi connectivity index (χ0v) is 26.4. The number of rotatable bonds is 19. The topological polar surface area (TPSA) is 97.4 Å². The van der Waals surface area contributed by atoms with Crippen LogP contribution in [0.5, 0.6) is 11.5 Å². The van der Waals surface area contributed by atoms with Crippen LogP contribution < -0.4 is 9.47 Å². The molecule has 0 aliphatic carbocycles. The van der Waals surface area contributed by atoms with Gasteiger partial charge in [0, 0.05) is 12.7 Å². The maximum absolute atomic E-state index is 14.7. The number of unbranched alkanes of at least 4 members (excludes halogenated alkanes) is 5. The molecule has 3 rings (SSSR count). The lowest BCUT2D eigenvalue weighted by Crippen LogP contribution is -2.27. The van der Waals surface area contributed by atoms with E-state index in [1.807, 2.05) is 31.2 Å². The number of carbonyl (C=O) groups excluding carboxylic acids is 3. The van der Waals surface area contributed by atoms with Crippen molar-refractivity contribution in [2.45, 2.75) is 71.8 Å². The molecule has 0 bridgehead atoms. The van der Waals surface area contributed by atoms with Crippen LogP contribution in [0.15, 0.2) is 66.7 Å². The van der Waals surface area contributed by atoms with Crippen LogP contribution >= 0.6 is 0 Å². The molecule has 0 amide bonds. The van der Waals surface area contributed by atoms with Crippen molar-refractivity contribution < 1.29 is 42.5 Å². The van der Waals surface area contributed by atoms with E-state index in [1.54, 1.807) is 24.3 Å². The SMILES string of the molecule is CCCCCCCCOc1ccc(-c2ccc(C(=O)Oc3ccc(C(=O)O[C@@H](C)C(=O)OCCOCCC)c(F)c3)cc2)cc1. The van der Waals surface area contributed by atoms with Gasteiger partial charge in [0.25, 0.3) is 0 Å². The summed E-state index contributed by atoms with van der Waals surface area (Å²) in [7, 11) is 0. The van der Waals surface area contributed by atoms with Crippen molar-refractivity contribution in [1.29, 1.82) is 0 Å². The summed E-state index contributed by atoms with van der Waals surface area (Å²) in [5, 5.41) is 0. The summed E-state index contributed by atoms with van der Waals surface area (Å²) in [6.07, 6.45) is 6.87. The quantitative estimate of drug-likeness (QED) is 0.0755. The Morgan fingerprint density at radius 2 is 1.33 bits per heavy atom. The highest BCUT2D eigenvalue weighted by Crippen LogP contribution is 2.24. The fourth-order valence-electron chi connectivity index (χ4n) is 4.34. The molecule has 0 aromatic heterocycles. The summed E-state index contributed by atoms with van der Waals surface area (Å²) in [6.45, 7) is 6.98. The van der Waals surface area contributed by atoms with Gasteiger partial charge in [-0.1, -0.05) is 70.2 Å². The first-order valence-electron chi connectivity index (χ1n) is 15.6. The summed E-state index contributed by atoms with van der Waals surface area (Å²) in [6, 6.07) is 17.9. The van der Waals surface area contributed by atoms with Gasteiger partial charge in [0.05, 0.1) is 24.3 Å².